The number of amides is 1. The lowest BCUT2D eigenvalue weighted by molar-refractivity contribution is -0.117. The minimum atomic E-state index is -0.607. The molecule has 0 spiro atoms. The Bertz CT molecular complexity index is 554. The number of nitrogens with two attached hydrogens (primary N) is 1. The van der Waals surface area contributed by atoms with E-state index < -0.39 is 17.6 Å². The second-order valence-electron chi connectivity index (χ2n) is 4.92. The lowest BCUT2D eigenvalue weighted by Gasteiger charge is -2.25. The van der Waals surface area contributed by atoms with Gasteiger partial charge in [0.1, 0.15) is 5.82 Å². The van der Waals surface area contributed by atoms with Crippen LogP contribution in [0.4, 0.5) is 4.39 Å². The molecule has 1 amide bonds. The van der Waals surface area contributed by atoms with Gasteiger partial charge in [-0.1, -0.05) is 0 Å². The summed E-state index contributed by atoms with van der Waals surface area (Å²) in [4.78, 5) is 23.3. The molecule has 0 bridgehead atoms. The van der Waals surface area contributed by atoms with Crippen molar-refractivity contribution in [1.29, 1.82) is 0 Å². The van der Waals surface area contributed by atoms with Crippen LogP contribution in [-0.2, 0) is 17.6 Å². The maximum atomic E-state index is 13.8. The molecule has 1 aliphatic carbocycles. The van der Waals surface area contributed by atoms with Gasteiger partial charge in [0.25, 0.3) is 0 Å². The van der Waals surface area contributed by atoms with Crippen LogP contribution in [0.2, 0.25) is 0 Å². The summed E-state index contributed by atoms with van der Waals surface area (Å²) in [5.41, 5.74) is 6.92. The maximum Gasteiger partial charge on any atom is 0.221 e. The fourth-order valence-corrected chi connectivity index (χ4v) is 2.63. The minimum Gasteiger partial charge on any atom is -0.396 e. The van der Waals surface area contributed by atoms with Gasteiger partial charge >= 0.3 is 0 Å². The number of primary amides is 1. The number of hydrogen-bond acceptors (Lipinski definition) is 3. The average Bonchev–Trinajstić information content (AvgIpc) is 2.34. The number of carbonyl (C=O) groups is 2. The number of ketones is 1. The third-order valence-electron chi connectivity index (χ3n) is 3.68. The standard InChI is InChI=1S/C14H16FNO3/c1-7-10-3-2-8(6-17)14(19)13(10)9(4-11(7)15)5-12(16)18/h4,8,17H,2-3,5-6H2,1H3,(H2,16,18). The van der Waals surface area contributed by atoms with Crippen molar-refractivity contribution >= 4 is 11.7 Å². The summed E-state index contributed by atoms with van der Waals surface area (Å²) in [7, 11) is 0. The predicted octanol–water partition coefficient (Wildman–Crippen LogP) is 0.899. The van der Waals surface area contributed by atoms with Crippen LogP contribution in [0.15, 0.2) is 6.07 Å². The minimum absolute atomic E-state index is 0.163. The molecule has 3 N–H and O–H groups in total. The zero-order chi connectivity index (χ0) is 14.2. The monoisotopic (exact) mass is 265 g/mol. The van der Waals surface area contributed by atoms with Gasteiger partial charge in [-0.15, -0.1) is 0 Å². The molecular formula is C14H16FNO3. The molecule has 0 saturated carbocycles. The van der Waals surface area contributed by atoms with Crippen LogP contribution in [0.3, 0.4) is 0 Å². The van der Waals surface area contributed by atoms with E-state index in [1.54, 1.807) is 6.92 Å². The molecule has 2 rings (SSSR count). The zero-order valence-electron chi connectivity index (χ0n) is 10.7. The highest BCUT2D eigenvalue weighted by Gasteiger charge is 2.31. The molecule has 0 heterocycles. The van der Waals surface area contributed by atoms with Gasteiger partial charge in [-0.25, -0.2) is 4.39 Å². The van der Waals surface area contributed by atoms with E-state index in [9.17, 15) is 19.1 Å². The number of aliphatic hydroxyl groups is 1. The van der Waals surface area contributed by atoms with Gasteiger partial charge in [-0.3, -0.25) is 9.59 Å². The van der Waals surface area contributed by atoms with Crippen molar-refractivity contribution < 1.29 is 19.1 Å². The summed E-state index contributed by atoms with van der Waals surface area (Å²) >= 11 is 0. The van der Waals surface area contributed by atoms with E-state index >= 15 is 0 Å². The lowest BCUT2D eigenvalue weighted by atomic mass is 9.78. The van der Waals surface area contributed by atoms with Gasteiger partial charge in [-0.2, -0.15) is 0 Å². The first kappa shape index (κ1) is 13.7. The molecule has 0 aliphatic heterocycles. The van der Waals surface area contributed by atoms with Crippen LogP contribution in [0.5, 0.6) is 0 Å². The molecule has 19 heavy (non-hydrogen) atoms. The predicted molar refractivity (Wildman–Crippen MR) is 67.3 cm³/mol. The van der Waals surface area contributed by atoms with Gasteiger partial charge < -0.3 is 10.8 Å². The molecular weight excluding hydrogens is 249 g/mol. The smallest absolute Gasteiger partial charge is 0.221 e. The highest BCUT2D eigenvalue weighted by Crippen LogP contribution is 2.32. The van der Waals surface area contributed by atoms with Crippen LogP contribution in [0.1, 0.15) is 33.5 Å². The number of fused-ring (bicyclic) bond motifs is 1. The number of aliphatic hydroxyl groups excluding tert-OH is 1. The van der Waals surface area contributed by atoms with E-state index in [1.807, 2.05) is 0 Å². The first-order chi connectivity index (χ1) is 8.95. The van der Waals surface area contributed by atoms with Crippen molar-refractivity contribution in [2.45, 2.75) is 26.2 Å². The van der Waals surface area contributed by atoms with Crippen LogP contribution in [-0.4, -0.2) is 23.4 Å². The molecule has 1 aromatic rings. The lowest BCUT2D eigenvalue weighted by Crippen LogP contribution is -2.29. The fourth-order valence-electron chi connectivity index (χ4n) is 2.63. The summed E-state index contributed by atoms with van der Waals surface area (Å²) in [6, 6.07) is 1.20. The number of Topliss-reactive ketones (excluding diaryl/α,β-unsaturated/α-hetero) is 1. The summed E-state index contributed by atoms with van der Waals surface area (Å²) in [5.74, 6) is -1.72. The third kappa shape index (κ3) is 2.38. The fraction of sp³-hybridized carbons (Fsp3) is 0.429. The van der Waals surface area contributed by atoms with Gasteiger partial charge in [-0.05, 0) is 42.5 Å². The Morgan fingerprint density at radius 2 is 2.26 bits per heavy atom. The quantitative estimate of drug-likeness (QED) is 0.852. The SMILES string of the molecule is Cc1c(F)cc(CC(N)=O)c2c1CCC(CO)C2=O. The number of rotatable bonds is 3. The summed E-state index contributed by atoms with van der Waals surface area (Å²) in [6.45, 7) is 1.39. The molecule has 0 aromatic heterocycles. The van der Waals surface area contributed by atoms with Crippen LogP contribution in [0, 0.1) is 18.7 Å². The van der Waals surface area contributed by atoms with Crippen molar-refractivity contribution in [3.8, 4) is 0 Å². The van der Waals surface area contributed by atoms with Crippen molar-refractivity contribution in [3.05, 3.63) is 34.1 Å². The first-order valence-corrected chi connectivity index (χ1v) is 6.20. The number of carbonyl (C=O) groups excluding carboxylic acids is 2. The molecule has 4 nitrogen and oxygen atoms in total. The molecule has 1 atom stereocenters. The highest BCUT2D eigenvalue weighted by molar-refractivity contribution is 6.02. The Balaban J connectivity index is 2.60. The molecule has 0 fully saturated rings. The molecule has 1 aliphatic rings. The van der Waals surface area contributed by atoms with Gasteiger partial charge in [0, 0.05) is 11.5 Å². The largest absolute Gasteiger partial charge is 0.396 e. The van der Waals surface area contributed by atoms with Crippen molar-refractivity contribution in [3.63, 3.8) is 0 Å². The van der Waals surface area contributed by atoms with E-state index in [0.29, 0.717) is 35.1 Å². The van der Waals surface area contributed by atoms with E-state index in [1.165, 1.54) is 6.07 Å². The van der Waals surface area contributed by atoms with Gasteiger partial charge in [0.15, 0.2) is 5.78 Å². The summed E-state index contributed by atoms with van der Waals surface area (Å²) in [6.07, 6.45) is 0.869. The Labute approximate surface area is 110 Å². The normalized spacial score (nSPS) is 18.3. The Morgan fingerprint density at radius 3 is 2.84 bits per heavy atom. The summed E-state index contributed by atoms with van der Waals surface area (Å²) < 4.78 is 13.8. The number of halogens is 1. The second kappa shape index (κ2) is 5.09. The molecule has 0 saturated heterocycles. The Hall–Kier alpha value is -1.75. The molecule has 102 valence electrons. The maximum absolute atomic E-state index is 13.8. The van der Waals surface area contributed by atoms with Gasteiger partial charge in [0.05, 0.1) is 13.0 Å². The summed E-state index contributed by atoms with van der Waals surface area (Å²) in [5, 5.41) is 9.20. The van der Waals surface area contributed by atoms with Crippen LogP contribution in [0.25, 0.3) is 0 Å². The molecule has 1 unspecified atom stereocenters. The third-order valence-corrected chi connectivity index (χ3v) is 3.68. The van der Waals surface area contributed by atoms with Crippen LogP contribution >= 0.6 is 0 Å². The molecule has 1 aromatic carbocycles. The van der Waals surface area contributed by atoms with E-state index in [0.717, 1.165) is 0 Å². The van der Waals surface area contributed by atoms with E-state index in [-0.39, 0.29) is 18.8 Å². The molecule has 5 heteroatoms. The van der Waals surface area contributed by atoms with Crippen molar-refractivity contribution in [2.75, 3.05) is 6.61 Å². The number of benzene rings is 1. The van der Waals surface area contributed by atoms with Gasteiger partial charge in [0.2, 0.25) is 5.91 Å². The Morgan fingerprint density at radius 1 is 1.58 bits per heavy atom. The number of hydrogen-bond donors (Lipinski definition) is 2. The highest BCUT2D eigenvalue weighted by atomic mass is 19.1. The topological polar surface area (TPSA) is 80.4 Å². The van der Waals surface area contributed by atoms with E-state index in [2.05, 4.69) is 0 Å². The average molecular weight is 265 g/mol. The first-order valence-electron chi connectivity index (χ1n) is 6.20. The van der Waals surface area contributed by atoms with Crippen LogP contribution < -0.4 is 5.73 Å². The second-order valence-corrected chi connectivity index (χ2v) is 4.92. The zero-order valence-corrected chi connectivity index (χ0v) is 10.7. The van der Waals surface area contributed by atoms with Crippen molar-refractivity contribution in [1.82, 2.24) is 0 Å². The molecule has 0 radical (unpaired) electrons. The van der Waals surface area contributed by atoms with Crippen molar-refractivity contribution in [2.24, 2.45) is 11.7 Å². The van der Waals surface area contributed by atoms with E-state index in [4.69, 9.17) is 5.73 Å². The Kier molecular flexibility index (Phi) is 3.66.